The van der Waals surface area contributed by atoms with E-state index in [1.54, 1.807) is 36.4 Å². The van der Waals surface area contributed by atoms with E-state index in [4.69, 9.17) is 5.21 Å². The largest absolute Gasteiger partial charge is 0.595 e. The first-order valence-electron chi connectivity index (χ1n) is 7.35. The van der Waals surface area contributed by atoms with E-state index in [-0.39, 0.29) is 11.5 Å². The van der Waals surface area contributed by atoms with Crippen molar-refractivity contribution in [3.05, 3.63) is 76.0 Å². The van der Waals surface area contributed by atoms with Gasteiger partial charge in [-0.3, -0.25) is 4.79 Å². The molecule has 4 N–H and O–H groups in total. The molecular weight excluding hydrogens is 310 g/mol. The van der Waals surface area contributed by atoms with Gasteiger partial charge in [-0.05, 0) is 5.56 Å². The number of Topliss-reactive ketones (excluding diaryl/α,β-unsaturated/α-hetero) is 1. The molecule has 4 rings (SSSR count). The standard InChI is InChI=1S/C17H13N3O4/c21-16-12-7-2-1-6-11(12)15-13(16)14(18-17(22)19-15)9-4-3-5-10(8-9)20(23)24/h1-8,14,20,23H,(H2,18,19,22)/t14-/m1/s1. The van der Waals surface area contributed by atoms with Crippen LogP contribution in [0.2, 0.25) is 0 Å². The zero-order chi connectivity index (χ0) is 16.8. The van der Waals surface area contributed by atoms with Gasteiger partial charge in [0.05, 0.1) is 17.3 Å². The summed E-state index contributed by atoms with van der Waals surface area (Å²) in [6.07, 6.45) is 0. The quantitative estimate of drug-likeness (QED) is 0.620. The summed E-state index contributed by atoms with van der Waals surface area (Å²) in [6.45, 7) is 0. The molecule has 2 aromatic rings. The van der Waals surface area contributed by atoms with Crippen molar-refractivity contribution in [1.29, 1.82) is 0 Å². The number of fused-ring (bicyclic) bond motifs is 2. The van der Waals surface area contributed by atoms with E-state index in [1.807, 2.05) is 0 Å². The van der Waals surface area contributed by atoms with Crippen molar-refractivity contribution in [3.8, 4) is 0 Å². The number of quaternary nitrogens is 1. The highest BCUT2D eigenvalue weighted by Crippen LogP contribution is 2.39. The third-order valence-corrected chi connectivity index (χ3v) is 4.22. The van der Waals surface area contributed by atoms with Gasteiger partial charge in [-0.2, -0.15) is 5.23 Å². The van der Waals surface area contributed by atoms with Gasteiger partial charge in [-0.1, -0.05) is 36.4 Å². The molecule has 0 aromatic heterocycles. The molecule has 0 bridgehead atoms. The minimum Gasteiger partial charge on any atom is -0.595 e. The number of benzene rings is 2. The molecule has 0 radical (unpaired) electrons. The maximum absolute atomic E-state index is 12.8. The van der Waals surface area contributed by atoms with Gasteiger partial charge in [-0.25, -0.2) is 10.0 Å². The fourth-order valence-corrected chi connectivity index (χ4v) is 3.17. The van der Waals surface area contributed by atoms with Crippen molar-refractivity contribution in [2.75, 3.05) is 0 Å². The minimum absolute atomic E-state index is 0.102. The summed E-state index contributed by atoms with van der Waals surface area (Å²) in [7, 11) is 0. The van der Waals surface area contributed by atoms with E-state index in [9.17, 15) is 14.8 Å². The highest BCUT2D eigenvalue weighted by molar-refractivity contribution is 6.23. The van der Waals surface area contributed by atoms with Gasteiger partial charge < -0.3 is 15.8 Å². The lowest BCUT2D eigenvalue weighted by molar-refractivity contribution is -0.991. The van der Waals surface area contributed by atoms with Gasteiger partial charge in [0.15, 0.2) is 11.5 Å². The molecule has 1 aliphatic heterocycles. The van der Waals surface area contributed by atoms with Crippen LogP contribution in [-0.4, -0.2) is 17.0 Å². The second kappa shape index (κ2) is 5.27. The van der Waals surface area contributed by atoms with Crippen molar-refractivity contribution in [2.24, 2.45) is 0 Å². The summed E-state index contributed by atoms with van der Waals surface area (Å²) in [5.74, 6) is -0.168. The number of hydrogen-bond donors (Lipinski definition) is 4. The number of hydrogen-bond acceptors (Lipinski definition) is 4. The Balaban J connectivity index is 1.86. The Labute approximate surface area is 136 Å². The van der Waals surface area contributed by atoms with E-state index in [2.05, 4.69) is 10.6 Å². The van der Waals surface area contributed by atoms with Crippen LogP contribution in [0.15, 0.2) is 54.1 Å². The van der Waals surface area contributed by atoms with Crippen LogP contribution in [0, 0.1) is 5.21 Å². The van der Waals surface area contributed by atoms with Crippen LogP contribution < -0.4 is 15.9 Å². The minimum atomic E-state index is -1.06. The maximum atomic E-state index is 12.8. The van der Waals surface area contributed by atoms with Crippen molar-refractivity contribution in [1.82, 2.24) is 10.6 Å². The highest BCUT2D eigenvalue weighted by atomic mass is 16.8. The van der Waals surface area contributed by atoms with E-state index < -0.39 is 17.3 Å². The summed E-state index contributed by atoms with van der Waals surface area (Å²) in [5, 5.41) is 24.7. The van der Waals surface area contributed by atoms with Crippen LogP contribution in [0.4, 0.5) is 10.5 Å². The average Bonchev–Trinajstić information content (AvgIpc) is 2.87. The molecule has 1 heterocycles. The van der Waals surface area contributed by atoms with E-state index in [0.717, 1.165) is 0 Å². The highest BCUT2D eigenvalue weighted by Gasteiger charge is 2.39. The van der Waals surface area contributed by atoms with Gasteiger partial charge in [0.1, 0.15) is 0 Å². The molecule has 0 saturated carbocycles. The summed E-state index contributed by atoms with van der Waals surface area (Å²) < 4.78 is 0. The Morgan fingerprint density at radius 1 is 1.04 bits per heavy atom. The summed E-state index contributed by atoms with van der Waals surface area (Å²) in [6, 6.07) is 12.2. The number of amides is 2. The average molecular weight is 323 g/mol. The van der Waals surface area contributed by atoms with Gasteiger partial charge in [-0.15, -0.1) is 0 Å². The molecule has 2 aliphatic rings. The van der Waals surface area contributed by atoms with Gasteiger partial charge in [0.25, 0.3) is 0 Å². The predicted molar refractivity (Wildman–Crippen MR) is 84.3 cm³/mol. The van der Waals surface area contributed by atoms with Crippen LogP contribution in [0.5, 0.6) is 0 Å². The molecule has 7 heteroatoms. The predicted octanol–water partition coefficient (Wildman–Crippen LogP) is 1.05. The fourth-order valence-electron chi connectivity index (χ4n) is 3.17. The van der Waals surface area contributed by atoms with Crippen molar-refractivity contribution >= 4 is 23.2 Å². The van der Waals surface area contributed by atoms with Crippen LogP contribution in [0.3, 0.4) is 0 Å². The van der Waals surface area contributed by atoms with Crippen molar-refractivity contribution in [2.45, 2.75) is 6.04 Å². The molecule has 0 fully saturated rings. The summed E-state index contributed by atoms with van der Waals surface area (Å²) in [4.78, 5) is 24.8. The SMILES string of the molecule is O=C1NC2=C(C(=O)c3ccccc32)[C@@H](c2cccc([NH+]([O-])O)c2)N1. The number of urea groups is 1. The Bertz CT molecular complexity index is 904. The Hall–Kier alpha value is -3.00. The molecule has 1 unspecified atom stereocenters. The van der Waals surface area contributed by atoms with Crippen LogP contribution in [0.25, 0.3) is 5.70 Å². The number of carbonyl (C=O) groups is 2. The smallest absolute Gasteiger partial charge is 0.320 e. The molecule has 0 spiro atoms. The first-order valence-corrected chi connectivity index (χ1v) is 7.35. The Morgan fingerprint density at radius 3 is 2.54 bits per heavy atom. The molecule has 24 heavy (non-hydrogen) atoms. The van der Waals surface area contributed by atoms with Crippen LogP contribution >= 0.6 is 0 Å². The molecule has 2 atom stereocenters. The Kier molecular flexibility index (Phi) is 3.20. The molecular formula is C17H13N3O4. The van der Waals surface area contributed by atoms with E-state index >= 15 is 0 Å². The zero-order valence-electron chi connectivity index (χ0n) is 12.4. The molecule has 1 aliphatic carbocycles. The normalized spacial score (nSPS) is 20.2. The summed E-state index contributed by atoms with van der Waals surface area (Å²) >= 11 is 0. The number of rotatable bonds is 2. The molecule has 120 valence electrons. The zero-order valence-corrected chi connectivity index (χ0v) is 12.4. The lowest BCUT2D eigenvalue weighted by Crippen LogP contribution is -2.99. The maximum Gasteiger partial charge on any atom is 0.320 e. The van der Waals surface area contributed by atoms with Crippen molar-refractivity contribution in [3.63, 3.8) is 0 Å². The van der Waals surface area contributed by atoms with Crippen LogP contribution in [0.1, 0.15) is 27.5 Å². The molecule has 7 nitrogen and oxygen atoms in total. The fraction of sp³-hybridized carbons (Fsp3) is 0.0588. The monoisotopic (exact) mass is 323 g/mol. The number of nitrogens with one attached hydrogen (secondary N) is 3. The second-order valence-electron chi connectivity index (χ2n) is 5.63. The number of carbonyl (C=O) groups excluding carboxylic acids is 2. The molecule has 2 amide bonds. The van der Waals surface area contributed by atoms with Gasteiger partial charge in [0, 0.05) is 23.3 Å². The second-order valence-corrected chi connectivity index (χ2v) is 5.63. The van der Waals surface area contributed by atoms with Gasteiger partial charge in [0.2, 0.25) is 0 Å². The third kappa shape index (κ3) is 2.11. The topological polar surface area (TPSA) is 106 Å². The van der Waals surface area contributed by atoms with E-state index in [0.29, 0.717) is 28.0 Å². The van der Waals surface area contributed by atoms with Gasteiger partial charge >= 0.3 is 6.03 Å². The van der Waals surface area contributed by atoms with E-state index in [1.165, 1.54) is 12.1 Å². The summed E-state index contributed by atoms with van der Waals surface area (Å²) in [5.41, 5.74) is 2.80. The lowest BCUT2D eigenvalue weighted by Gasteiger charge is -2.27. The first kappa shape index (κ1) is 14.6. The first-order chi connectivity index (χ1) is 11.6. The number of ketones is 1. The third-order valence-electron chi connectivity index (χ3n) is 4.22. The molecule has 0 saturated heterocycles. The lowest BCUT2D eigenvalue weighted by atomic mass is 9.94. The van der Waals surface area contributed by atoms with Crippen molar-refractivity contribution < 1.29 is 20.0 Å². The molecule has 2 aromatic carbocycles. The van der Waals surface area contributed by atoms with Crippen LogP contribution in [-0.2, 0) is 0 Å². The Morgan fingerprint density at radius 2 is 1.79 bits per heavy atom.